The normalized spacial score (nSPS) is 14.3. The van der Waals surface area contributed by atoms with E-state index in [2.05, 4.69) is 14.9 Å². The molecule has 4 aromatic rings. The van der Waals surface area contributed by atoms with Crippen molar-refractivity contribution in [3.05, 3.63) is 69.8 Å². The van der Waals surface area contributed by atoms with E-state index in [9.17, 15) is 13.2 Å². The second-order valence-corrected chi connectivity index (χ2v) is 9.57. The van der Waals surface area contributed by atoms with Crippen molar-refractivity contribution in [2.24, 2.45) is 0 Å². The molecule has 31 heavy (non-hydrogen) atoms. The Bertz CT molecular complexity index is 1440. The molecule has 1 fully saturated rings. The largest absolute Gasteiger partial charge is 0.420 e. The fourth-order valence-corrected chi connectivity index (χ4v) is 4.64. The van der Waals surface area contributed by atoms with Crippen LogP contribution >= 0.6 is 0 Å². The lowest BCUT2D eigenvalue weighted by Gasteiger charge is -2.10. The highest BCUT2D eigenvalue weighted by Crippen LogP contribution is 2.38. The van der Waals surface area contributed by atoms with E-state index in [4.69, 9.17) is 8.94 Å². The van der Waals surface area contributed by atoms with E-state index in [1.165, 1.54) is 22.8 Å². The fraction of sp³-hybridized carbons (Fsp3) is 0.286. The van der Waals surface area contributed by atoms with Gasteiger partial charge in [-0.15, -0.1) is 0 Å². The molecule has 1 saturated carbocycles. The van der Waals surface area contributed by atoms with Gasteiger partial charge in [0.15, 0.2) is 11.4 Å². The summed E-state index contributed by atoms with van der Waals surface area (Å²) in [6.07, 6.45) is 2.06. The lowest BCUT2D eigenvalue weighted by Crippen LogP contribution is -2.15. The van der Waals surface area contributed by atoms with Gasteiger partial charge in [0.1, 0.15) is 0 Å². The van der Waals surface area contributed by atoms with Crippen LogP contribution in [0.1, 0.15) is 41.6 Å². The first-order chi connectivity index (χ1) is 14.8. The van der Waals surface area contributed by atoms with Gasteiger partial charge in [-0.05, 0) is 62.1 Å². The molecule has 9 nitrogen and oxygen atoms in total. The Balaban J connectivity index is 1.45. The molecular weight excluding hydrogens is 420 g/mol. The number of oxazole rings is 1. The van der Waals surface area contributed by atoms with Crippen LogP contribution in [-0.2, 0) is 16.6 Å². The highest BCUT2D eigenvalue weighted by molar-refractivity contribution is 7.92. The summed E-state index contributed by atoms with van der Waals surface area (Å²) in [6.45, 7) is 3.87. The Labute approximate surface area is 177 Å². The van der Waals surface area contributed by atoms with Crippen LogP contribution in [0.2, 0.25) is 0 Å². The Kier molecular flexibility index (Phi) is 4.47. The average Bonchev–Trinajstić information content (AvgIpc) is 3.35. The number of fused-ring (bicyclic) bond motifs is 1. The smallest absolute Gasteiger partial charge is 0.408 e. The molecule has 2 aromatic carbocycles. The molecule has 0 bridgehead atoms. The van der Waals surface area contributed by atoms with E-state index in [0.717, 1.165) is 24.0 Å². The third-order valence-electron chi connectivity index (χ3n) is 5.13. The van der Waals surface area contributed by atoms with Crippen LogP contribution in [0.3, 0.4) is 0 Å². The number of aromatic nitrogens is 3. The second kappa shape index (κ2) is 7.09. The first-order valence-electron chi connectivity index (χ1n) is 9.85. The maximum atomic E-state index is 12.9. The molecule has 2 aromatic heterocycles. The summed E-state index contributed by atoms with van der Waals surface area (Å²) in [7, 11) is -3.86. The number of sulfonamides is 1. The maximum absolute atomic E-state index is 12.9. The van der Waals surface area contributed by atoms with Crippen LogP contribution < -0.4 is 10.5 Å². The number of aryl methyl sites for hydroxylation is 2. The summed E-state index contributed by atoms with van der Waals surface area (Å²) in [5.41, 5.74) is 2.98. The molecular formula is C21H20N4O5S. The molecule has 0 aliphatic heterocycles. The quantitative estimate of drug-likeness (QED) is 0.488. The van der Waals surface area contributed by atoms with Gasteiger partial charge in [0.05, 0.1) is 17.0 Å². The summed E-state index contributed by atoms with van der Waals surface area (Å²) in [5.74, 6) is 0.655. The Morgan fingerprint density at radius 2 is 1.87 bits per heavy atom. The minimum atomic E-state index is -3.86. The number of rotatable bonds is 6. The molecule has 10 heteroatoms. The number of nitrogens with zero attached hydrogens (tertiary/aromatic N) is 3. The molecule has 0 atom stereocenters. The minimum Gasteiger partial charge on any atom is -0.408 e. The summed E-state index contributed by atoms with van der Waals surface area (Å²) in [6, 6.07) is 9.77. The molecule has 0 amide bonds. The van der Waals surface area contributed by atoms with Gasteiger partial charge >= 0.3 is 5.76 Å². The molecule has 0 radical (unpaired) electrons. The SMILES string of the molecule is Cc1cc(C)cc(NS(=O)(=O)c2ccc3c(c2)oc(=O)n3Cc2noc(C3CC3)n2)c1. The lowest BCUT2D eigenvalue weighted by atomic mass is 10.1. The van der Waals surface area contributed by atoms with Crippen molar-refractivity contribution < 1.29 is 17.4 Å². The standard InChI is InChI=1S/C21H20N4O5S/c1-12-7-13(2)9-15(8-12)24-31(27,28)16-5-6-17-18(10-16)29-21(26)25(17)11-19-22-20(30-23-19)14-3-4-14/h5-10,14,24H,3-4,11H2,1-2H3. The summed E-state index contributed by atoms with van der Waals surface area (Å²) in [4.78, 5) is 16.7. The van der Waals surface area contributed by atoms with Crippen molar-refractivity contribution in [2.45, 2.75) is 44.0 Å². The predicted octanol–water partition coefficient (Wildman–Crippen LogP) is 3.32. The summed E-state index contributed by atoms with van der Waals surface area (Å²) in [5, 5.41) is 3.92. The molecule has 5 rings (SSSR count). The van der Waals surface area contributed by atoms with Crippen LogP contribution in [0.4, 0.5) is 5.69 Å². The number of hydrogen-bond acceptors (Lipinski definition) is 7. The van der Waals surface area contributed by atoms with Crippen LogP contribution in [0.25, 0.3) is 11.1 Å². The van der Waals surface area contributed by atoms with Gasteiger partial charge in [-0.25, -0.2) is 13.2 Å². The number of hydrogen-bond donors (Lipinski definition) is 1. The number of nitrogens with one attached hydrogen (secondary N) is 1. The molecule has 1 aliphatic carbocycles. The molecule has 0 unspecified atom stereocenters. The van der Waals surface area contributed by atoms with Gasteiger partial charge in [-0.1, -0.05) is 11.2 Å². The van der Waals surface area contributed by atoms with Crippen LogP contribution in [0.5, 0.6) is 0 Å². The van der Waals surface area contributed by atoms with Gasteiger partial charge in [0.2, 0.25) is 5.89 Å². The zero-order valence-electron chi connectivity index (χ0n) is 17.0. The zero-order valence-corrected chi connectivity index (χ0v) is 17.8. The highest BCUT2D eigenvalue weighted by atomic mass is 32.2. The molecule has 0 spiro atoms. The van der Waals surface area contributed by atoms with Gasteiger partial charge in [-0.3, -0.25) is 9.29 Å². The fourth-order valence-electron chi connectivity index (χ4n) is 3.58. The van der Waals surface area contributed by atoms with Crippen molar-refractivity contribution in [3.63, 3.8) is 0 Å². The van der Waals surface area contributed by atoms with E-state index in [0.29, 0.717) is 28.8 Å². The highest BCUT2D eigenvalue weighted by Gasteiger charge is 2.29. The van der Waals surface area contributed by atoms with Crippen molar-refractivity contribution in [3.8, 4) is 0 Å². The predicted molar refractivity (Wildman–Crippen MR) is 113 cm³/mol. The second-order valence-electron chi connectivity index (χ2n) is 7.89. The van der Waals surface area contributed by atoms with Gasteiger partial charge in [-0.2, -0.15) is 4.98 Å². The number of anilines is 1. The molecule has 160 valence electrons. The van der Waals surface area contributed by atoms with Crippen molar-refractivity contribution in [1.29, 1.82) is 0 Å². The Morgan fingerprint density at radius 3 is 2.58 bits per heavy atom. The minimum absolute atomic E-state index is 0.00404. The Hall–Kier alpha value is -3.40. The van der Waals surface area contributed by atoms with E-state index in [1.54, 1.807) is 12.1 Å². The summed E-state index contributed by atoms with van der Waals surface area (Å²) < 4.78 is 40.2. The molecule has 2 heterocycles. The van der Waals surface area contributed by atoms with Gasteiger partial charge in [0.25, 0.3) is 10.0 Å². The van der Waals surface area contributed by atoms with Crippen LogP contribution in [0, 0.1) is 13.8 Å². The summed E-state index contributed by atoms with van der Waals surface area (Å²) >= 11 is 0. The van der Waals surface area contributed by atoms with Crippen molar-refractivity contribution >= 4 is 26.8 Å². The molecule has 1 aliphatic rings. The maximum Gasteiger partial charge on any atom is 0.420 e. The third kappa shape index (κ3) is 3.86. The first-order valence-corrected chi connectivity index (χ1v) is 11.3. The lowest BCUT2D eigenvalue weighted by molar-refractivity contribution is 0.372. The topological polar surface area (TPSA) is 120 Å². The van der Waals surface area contributed by atoms with E-state index < -0.39 is 15.8 Å². The number of benzene rings is 2. The van der Waals surface area contributed by atoms with E-state index in [-0.39, 0.29) is 17.0 Å². The molecule has 1 N–H and O–H groups in total. The Morgan fingerprint density at radius 1 is 1.13 bits per heavy atom. The third-order valence-corrected chi connectivity index (χ3v) is 6.51. The monoisotopic (exact) mass is 440 g/mol. The van der Waals surface area contributed by atoms with Crippen LogP contribution in [0.15, 0.2) is 55.0 Å². The first kappa shape index (κ1) is 19.6. The van der Waals surface area contributed by atoms with Gasteiger partial charge in [0, 0.05) is 17.7 Å². The zero-order chi connectivity index (χ0) is 21.8. The van der Waals surface area contributed by atoms with Crippen molar-refractivity contribution in [2.75, 3.05) is 4.72 Å². The average molecular weight is 440 g/mol. The molecule has 0 saturated heterocycles. The van der Waals surface area contributed by atoms with Crippen molar-refractivity contribution in [1.82, 2.24) is 14.7 Å². The van der Waals surface area contributed by atoms with E-state index in [1.807, 2.05) is 19.9 Å². The van der Waals surface area contributed by atoms with Crippen LogP contribution in [-0.4, -0.2) is 23.1 Å². The van der Waals surface area contributed by atoms with E-state index >= 15 is 0 Å². The van der Waals surface area contributed by atoms with Gasteiger partial charge < -0.3 is 8.94 Å².